The molecule has 0 spiro atoms. The van der Waals surface area contributed by atoms with Gasteiger partial charge in [-0.2, -0.15) is 0 Å². The molecule has 2 heterocycles. The van der Waals surface area contributed by atoms with E-state index in [1.165, 1.54) is 27.1 Å². The van der Waals surface area contributed by atoms with Crippen LogP contribution in [0.1, 0.15) is 29.3 Å². The van der Waals surface area contributed by atoms with Gasteiger partial charge in [0.05, 0.1) is 50.6 Å². The van der Waals surface area contributed by atoms with E-state index in [9.17, 15) is 0 Å². The average Bonchev–Trinajstić information content (AvgIpc) is 0.782. The quantitative estimate of drug-likeness (QED) is 0.101. The van der Waals surface area contributed by atoms with Crippen LogP contribution in [0.4, 0.5) is 68.2 Å². The van der Waals surface area contributed by atoms with Crippen LogP contribution >= 0.6 is 0 Å². The largest absolute Gasteiger partial charge is 0.310 e. The molecule has 17 aromatic rings. The number of fused-ring (bicyclic) bond motifs is 6. The summed E-state index contributed by atoms with van der Waals surface area (Å²) < 4.78 is 0. The van der Waals surface area contributed by atoms with Crippen molar-refractivity contribution in [2.45, 2.75) is 12.3 Å². The number of allylic oxidation sites excluding steroid dienone is 1. The van der Waals surface area contributed by atoms with Crippen LogP contribution in [0.3, 0.4) is 0 Å². The predicted octanol–water partition coefficient (Wildman–Crippen LogP) is 24.4. The second-order valence-corrected chi connectivity index (χ2v) is 25.2. The smallest absolute Gasteiger partial charge is 0.0965 e. The molecule has 8 nitrogen and oxygen atoms in total. The van der Waals surface area contributed by atoms with Gasteiger partial charge in [-0.3, -0.25) is 19.9 Å². The first-order chi connectivity index (χ1) is 49.6. The van der Waals surface area contributed by atoms with Crippen molar-refractivity contribution in [3.05, 3.63) is 381 Å². The molecule has 0 fully saturated rings. The van der Waals surface area contributed by atoms with Crippen molar-refractivity contribution in [1.29, 1.82) is 0 Å². The number of aromatic nitrogens is 4. The lowest BCUT2D eigenvalue weighted by Gasteiger charge is -2.30. The maximum absolute atomic E-state index is 4.79. The van der Waals surface area contributed by atoms with Crippen molar-refractivity contribution in [3.8, 4) is 22.3 Å². The van der Waals surface area contributed by atoms with E-state index in [-0.39, 0.29) is 5.92 Å². The number of benzene rings is 14. The van der Waals surface area contributed by atoms with E-state index in [2.05, 4.69) is 357 Å². The number of hydrogen-bond donors (Lipinski definition) is 0. The summed E-state index contributed by atoms with van der Waals surface area (Å²) in [6, 6.07) is 123. The maximum Gasteiger partial charge on any atom is 0.0965 e. The van der Waals surface area contributed by atoms with Crippen LogP contribution in [-0.2, 0) is 0 Å². The summed E-state index contributed by atoms with van der Waals surface area (Å²) in [5, 5.41) is 9.09. The lowest BCUT2D eigenvalue weighted by molar-refractivity contribution is 0.772. The van der Waals surface area contributed by atoms with E-state index in [0.717, 1.165) is 141 Å². The van der Waals surface area contributed by atoms with Gasteiger partial charge in [-0.05, 0) is 196 Å². The molecular weight excluding hydrogens is 1220 g/mol. The molecule has 1 atom stereocenters. The topological polar surface area (TPSA) is 64.5 Å². The van der Waals surface area contributed by atoms with Gasteiger partial charge in [0.25, 0.3) is 0 Å². The standard InChI is InChI=1S/C92H62N8/c1-5-23-79-65(15-1)19-9-31-87(79)97(75-51-55-77(56-52-75)99(89-33-11-21-67-17-3-7-25-81(67)89)73-47-39-69(40-48-73)83-27-13-29-85-91(83)95-61-59-93-85)71-43-35-63(36-44-71)64-37-45-72(46-38-64)98(88-32-10-20-66-16-2-6-24-80(66)88)76-53-57-78(58-54-76)100(90-34-12-22-68-18-4-8-26-82(68)90)74-49-41-70(42-50-74)84-28-14-30-86-92(84)96-62-60-94-86/h1-5,7-23,25-27,29-62,84H,28H2. The Morgan fingerprint density at radius 3 is 1.21 bits per heavy atom. The SMILES string of the molecule is c1ccc2cccc(N(c3ccc(-c4ccc(N(c5ccc(N(c6ccc(-c7cccc8nccnc78)cc6)c6cccc7ccccc67)cc5)c5cccc6ccccc56)cc4)cc3)c3ccc(N(c4ccc(C5CC=Cc6nccnc65)cc4)c4cccc5ccccc45)cc3)c2c#1. The number of hydrogen-bond acceptors (Lipinski definition) is 8. The van der Waals surface area contributed by atoms with Gasteiger partial charge in [-0.15, -0.1) is 0 Å². The second-order valence-electron chi connectivity index (χ2n) is 25.2. The van der Waals surface area contributed by atoms with E-state index in [0.29, 0.717) is 0 Å². The fourth-order valence-electron chi connectivity index (χ4n) is 14.6. The van der Waals surface area contributed by atoms with Crippen LogP contribution < -0.4 is 19.6 Å². The molecule has 0 aliphatic heterocycles. The highest BCUT2D eigenvalue weighted by molar-refractivity contribution is 6.04. The van der Waals surface area contributed by atoms with E-state index < -0.39 is 0 Å². The molecule has 8 heteroatoms. The van der Waals surface area contributed by atoms with Crippen LogP contribution in [0.5, 0.6) is 0 Å². The maximum atomic E-state index is 4.79. The minimum atomic E-state index is 0.129. The van der Waals surface area contributed by atoms with Gasteiger partial charge in [0, 0.05) is 97.9 Å². The lowest BCUT2D eigenvalue weighted by Crippen LogP contribution is -2.13. The molecule has 1 unspecified atom stereocenters. The highest BCUT2D eigenvalue weighted by Crippen LogP contribution is 2.47. The van der Waals surface area contributed by atoms with Gasteiger partial charge in [-0.25, -0.2) is 0 Å². The zero-order valence-electron chi connectivity index (χ0n) is 54.4. The molecule has 0 bridgehead atoms. The number of rotatable bonds is 15. The predicted molar refractivity (Wildman–Crippen MR) is 414 cm³/mol. The average molecular weight is 1280 g/mol. The van der Waals surface area contributed by atoms with Crippen molar-refractivity contribution in [2.75, 3.05) is 19.6 Å². The molecular formula is C92H62N8. The first-order valence-electron chi connectivity index (χ1n) is 33.8. The first kappa shape index (κ1) is 59.0. The second kappa shape index (κ2) is 25.6. The molecule has 100 heavy (non-hydrogen) atoms. The Morgan fingerprint density at radius 2 is 0.700 bits per heavy atom. The molecule has 1 aliphatic carbocycles. The number of para-hydroxylation sites is 1. The zero-order chi connectivity index (χ0) is 66.3. The van der Waals surface area contributed by atoms with Gasteiger partial charge >= 0.3 is 0 Å². The Balaban J connectivity index is 0.683. The third-order valence-electron chi connectivity index (χ3n) is 19.4. The molecule has 0 N–H and O–H groups in total. The normalized spacial score (nSPS) is 12.5. The summed E-state index contributed by atoms with van der Waals surface area (Å²) in [6.07, 6.45) is 12.2. The van der Waals surface area contributed by atoms with Crippen LogP contribution in [0.15, 0.2) is 352 Å². The summed E-state index contributed by atoms with van der Waals surface area (Å²) in [5.41, 5.74) is 21.8. The summed E-state index contributed by atoms with van der Waals surface area (Å²) in [7, 11) is 0. The van der Waals surface area contributed by atoms with Gasteiger partial charge in [0.1, 0.15) is 0 Å². The number of anilines is 12. The van der Waals surface area contributed by atoms with Gasteiger partial charge in [-0.1, -0.05) is 200 Å². The van der Waals surface area contributed by atoms with Crippen LogP contribution in [0, 0.1) is 12.1 Å². The van der Waals surface area contributed by atoms with Crippen LogP contribution in [0.2, 0.25) is 0 Å². The van der Waals surface area contributed by atoms with E-state index in [1.54, 1.807) is 24.8 Å². The first-order valence-corrected chi connectivity index (χ1v) is 33.8. The third kappa shape index (κ3) is 10.9. The number of nitrogens with zero attached hydrogens (tertiary/aromatic N) is 8. The van der Waals surface area contributed by atoms with Crippen LogP contribution in [-0.4, -0.2) is 19.9 Å². The van der Waals surface area contributed by atoms with Gasteiger partial charge in [0.2, 0.25) is 0 Å². The monoisotopic (exact) mass is 1280 g/mol. The summed E-state index contributed by atoms with van der Waals surface area (Å²) in [4.78, 5) is 28.2. The Kier molecular flexibility index (Phi) is 15.1. The molecule has 0 amide bonds. The van der Waals surface area contributed by atoms with Crippen molar-refractivity contribution < 1.29 is 0 Å². The van der Waals surface area contributed by atoms with Gasteiger partial charge in [0.15, 0.2) is 0 Å². The molecule has 18 rings (SSSR count). The van der Waals surface area contributed by atoms with Crippen molar-refractivity contribution in [3.63, 3.8) is 0 Å². The molecule has 0 saturated carbocycles. The lowest BCUT2D eigenvalue weighted by atomic mass is 9.87. The zero-order valence-corrected chi connectivity index (χ0v) is 54.4. The molecule has 0 radical (unpaired) electrons. The fraction of sp³-hybridized carbons (Fsp3) is 0.0217. The Bertz CT molecular complexity index is 5870. The molecule has 470 valence electrons. The Morgan fingerprint density at radius 1 is 0.310 bits per heavy atom. The van der Waals surface area contributed by atoms with E-state index >= 15 is 0 Å². The van der Waals surface area contributed by atoms with Crippen LogP contribution in [0.25, 0.3) is 82.5 Å². The summed E-state index contributed by atoms with van der Waals surface area (Å²) in [5.74, 6) is 0.129. The fourth-order valence-corrected chi connectivity index (χ4v) is 14.6. The van der Waals surface area contributed by atoms with Gasteiger partial charge < -0.3 is 19.6 Å². The highest BCUT2D eigenvalue weighted by atomic mass is 15.2. The van der Waals surface area contributed by atoms with E-state index in [1.807, 2.05) is 18.2 Å². The summed E-state index contributed by atoms with van der Waals surface area (Å²) in [6.45, 7) is 0. The highest BCUT2D eigenvalue weighted by Gasteiger charge is 2.25. The molecule has 0 saturated heterocycles. The van der Waals surface area contributed by atoms with Crippen molar-refractivity contribution >= 4 is 128 Å². The minimum Gasteiger partial charge on any atom is -0.310 e. The summed E-state index contributed by atoms with van der Waals surface area (Å²) >= 11 is 0. The van der Waals surface area contributed by atoms with E-state index in [4.69, 9.17) is 9.97 Å². The molecule has 15 aromatic carbocycles. The Hall–Kier alpha value is -13.5. The Labute approximate surface area is 580 Å². The minimum absolute atomic E-state index is 0.129. The molecule has 2 aromatic heterocycles. The van der Waals surface area contributed by atoms with Crippen molar-refractivity contribution in [1.82, 2.24) is 19.9 Å². The van der Waals surface area contributed by atoms with Crippen molar-refractivity contribution in [2.24, 2.45) is 0 Å². The third-order valence-corrected chi connectivity index (χ3v) is 19.4. The molecule has 1 aliphatic rings.